The van der Waals surface area contributed by atoms with Crippen LogP contribution in [0.15, 0.2) is 16.9 Å². The van der Waals surface area contributed by atoms with Gasteiger partial charge in [0.1, 0.15) is 0 Å². The first-order chi connectivity index (χ1) is 7.02. The van der Waals surface area contributed by atoms with Gasteiger partial charge in [0.25, 0.3) is 0 Å². The lowest BCUT2D eigenvalue weighted by atomic mass is 10.1. The van der Waals surface area contributed by atoms with Gasteiger partial charge in [0.2, 0.25) is 0 Å². The minimum Gasteiger partial charge on any atom is -0.357 e. The summed E-state index contributed by atoms with van der Waals surface area (Å²) >= 11 is 12.0. The maximum Gasteiger partial charge on any atom is 0.194 e. The standard InChI is InChI=1S/C11H9Cl2NO/c1-5-6(2)14-10-8(13)4-3-7(12)9(10)11(5)15/h3-4H,1-2H3,(H,14,15). The maximum atomic E-state index is 12.0. The lowest BCUT2D eigenvalue weighted by Crippen LogP contribution is -2.10. The lowest BCUT2D eigenvalue weighted by Gasteiger charge is -2.06. The van der Waals surface area contributed by atoms with Crippen LogP contribution in [0.5, 0.6) is 0 Å². The van der Waals surface area contributed by atoms with E-state index in [1.165, 1.54) is 0 Å². The summed E-state index contributed by atoms with van der Waals surface area (Å²) in [5.41, 5.74) is 2.04. The summed E-state index contributed by atoms with van der Waals surface area (Å²) in [6.45, 7) is 3.61. The summed E-state index contributed by atoms with van der Waals surface area (Å²) < 4.78 is 0. The number of benzene rings is 1. The molecule has 0 unspecified atom stereocenters. The molecule has 1 aromatic heterocycles. The number of H-pyrrole nitrogens is 1. The van der Waals surface area contributed by atoms with E-state index in [2.05, 4.69) is 4.98 Å². The third-order valence-electron chi connectivity index (χ3n) is 2.55. The van der Waals surface area contributed by atoms with E-state index in [0.29, 0.717) is 26.5 Å². The van der Waals surface area contributed by atoms with Crippen LogP contribution < -0.4 is 5.43 Å². The molecule has 0 radical (unpaired) electrons. The second kappa shape index (κ2) is 3.54. The van der Waals surface area contributed by atoms with Crippen molar-refractivity contribution in [1.29, 1.82) is 0 Å². The van der Waals surface area contributed by atoms with Gasteiger partial charge in [0, 0.05) is 11.3 Å². The molecule has 0 amide bonds. The summed E-state index contributed by atoms with van der Waals surface area (Å²) in [4.78, 5) is 15.1. The quantitative estimate of drug-likeness (QED) is 0.753. The van der Waals surface area contributed by atoms with Gasteiger partial charge in [-0.25, -0.2) is 0 Å². The highest BCUT2D eigenvalue weighted by Gasteiger charge is 2.10. The second-order valence-corrected chi connectivity index (χ2v) is 4.30. The molecule has 2 aromatic rings. The molecule has 1 heterocycles. The van der Waals surface area contributed by atoms with Gasteiger partial charge in [0.15, 0.2) is 5.43 Å². The van der Waals surface area contributed by atoms with Gasteiger partial charge in [-0.2, -0.15) is 0 Å². The van der Waals surface area contributed by atoms with Crippen molar-refractivity contribution in [2.24, 2.45) is 0 Å². The second-order valence-electron chi connectivity index (χ2n) is 3.48. The van der Waals surface area contributed by atoms with Crippen LogP contribution in [0.3, 0.4) is 0 Å². The van der Waals surface area contributed by atoms with E-state index in [1.807, 2.05) is 6.92 Å². The van der Waals surface area contributed by atoms with E-state index in [9.17, 15) is 4.79 Å². The number of hydrogen-bond acceptors (Lipinski definition) is 1. The van der Waals surface area contributed by atoms with E-state index in [-0.39, 0.29) is 5.43 Å². The van der Waals surface area contributed by atoms with Crippen LogP contribution in [-0.4, -0.2) is 4.98 Å². The Morgan fingerprint density at radius 3 is 2.40 bits per heavy atom. The molecule has 2 nitrogen and oxygen atoms in total. The highest BCUT2D eigenvalue weighted by molar-refractivity contribution is 6.39. The van der Waals surface area contributed by atoms with Gasteiger partial charge >= 0.3 is 0 Å². The van der Waals surface area contributed by atoms with Gasteiger partial charge in [0.05, 0.1) is 20.9 Å². The van der Waals surface area contributed by atoms with Crippen molar-refractivity contribution >= 4 is 34.1 Å². The number of halogens is 2. The molecule has 78 valence electrons. The van der Waals surface area contributed by atoms with Crippen LogP contribution in [-0.2, 0) is 0 Å². The van der Waals surface area contributed by atoms with Gasteiger partial charge < -0.3 is 4.98 Å². The number of aryl methyl sites for hydroxylation is 1. The number of nitrogens with one attached hydrogen (secondary N) is 1. The number of fused-ring (bicyclic) bond motifs is 1. The topological polar surface area (TPSA) is 32.9 Å². The monoisotopic (exact) mass is 241 g/mol. The van der Waals surface area contributed by atoms with E-state index >= 15 is 0 Å². The number of aromatic amines is 1. The van der Waals surface area contributed by atoms with Crippen LogP contribution in [0.25, 0.3) is 10.9 Å². The van der Waals surface area contributed by atoms with E-state index < -0.39 is 0 Å². The Morgan fingerprint density at radius 1 is 1.13 bits per heavy atom. The summed E-state index contributed by atoms with van der Waals surface area (Å²) in [6, 6.07) is 3.31. The highest BCUT2D eigenvalue weighted by atomic mass is 35.5. The Kier molecular flexibility index (Phi) is 2.49. The Bertz CT molecular complexity index is 602. The summed E-state index contributed by atoms with van der Waals surface area (Å²) in [7, 11) is 0. The lowest BCUT2D eigenvalue weighted by molar-refractivity contribution is 1.18. The summed E-state index contributed by atoms with van der Waals surface area (Å²) in [6.07, 6.45) is 0. The number of aromatic nitrogens is 1. The molecule has 1 aromatic carbocycles. The van der Waals surface area contributed by atoms with Crippen molar-refractivity contribution in [1.82, 2.24) is 4.98 Å². The fraction of sp³-hybridized carbons (Fsp3) is 0.182. The average Bonchev–Trinajstić information content (AvgIpc) is 2.20. The fourth-order valence-corrected chi connectivity index (χ4v) is 1.98. The molecule has 0 bridgehead atoms. The first kappa shape index (κ1) is 10.5. The molecule has 0 saturated heterocycles. The third kappa shape index (κ3) is 1.54. The first-order valence-corrected chi connectivity index (χ1v) is 5.25. The molecular formula is C11H9Cl2NO. The van der Waals surface area contributed by atoms with Crippen LogP contribution in [0.4, 0.5) is 0 Å². The predicted molar refractivity (Wildman–Crippen MR) is 64.1 cm³/mol. The first-order valence-electron chi connectivity index (χ1n) is 4.49. The van der Waals surface area contributed by atoms with Crippen molar-refractivity contribution in [3.8, 4) is 0 Å². The Morgan fingerprint density at radius 2 is 1.73 bits per heavy atom. The molecule has 0 aliphatic rings. The molecular weight excluding hydrogens is 233 g/mol. The molecule has 0 saturated carbocycles. The SMILES string of the molecule is Cc1[nH]c2c(Cl)ccc(Cl)c2c(=O)c1C. The van der Waals surface area contributed by atoms with Crippen molar-refractivity contribution in [3.63, 3.8) is 0 Å². The number of hydrogen-bond donors (Lipinski definition) is 1. The fourth-order valence-electron chi connectivity index (χ4n) is 1.54. The molecule has 0 fully saturated rings. The van der Waals surface area contributed by atoms with Gasteiger partial charge in [-0.05, 0) is 26.0 Å². The molecule has 1 N–H and O–H groups in total. The molecule has 0 aliphatic heterocycles. The van der Waals surface area contributed by atoms with E-state index in [0.717, 1.165) is 5.69 Å². The third-order valence-corrected chi connectivity index (χ3v) is 3.18. The van der Waals surface area contributed by atoms with Crippen LogP contribution in [0.1, 0.15) is 11.3 Å². The molecule has 4 heteroatoms. The van der Waals surface area contributed by atoms with Crippen LogP contribution in [0.2, 0.25) is 10.0 Å². The zero-order chi connectivity index (χ0) is 11.2. The molecule has 2 rings (SSSR count). The van der Waals surface area contributed by atoms with Crippen LogP contribution >= 0.6 is 23.2 Å². The van der Waals surface area contributed by atoms with E-state index in [4.69, 9.17) is 23.2 Å². The van der Waals surface area contributed by atoms with E-state index in [1.54, 1.807) is 19.1 Å². The van der Waals surface area contributed by atoms with Gasteiger partial charge in [-0.15, -0.1) is 0 Å². The number of rotatable bonds is 0. The summed E-state index contributed by atoms with van der Waals surface area (Å²) in [5.74, 6) is 0. The predicted octanol–water partition coefficient (Wildman–Crippen LogP) is 3.45. The molecule has 0 atom stereocenters. The zero-order valence-corrected chi connectivity index (χ0v) is 9.83. The molecule has 15 heavy (non-hydrogen) atoms. The normalized spacial score (nSPS) is 10.9. The smallest absolute Gasteiger partial charge is 0.194 e. The Balaban J connectivity index is 3.12. The largest absolute Gasteiger partial charge is 0.357 e. The van der Waals surface area contributed by atoms with Crippen molar-refractivity contribution in [3.05, 3.63) is 43.7 Å². The van der Waals surface area contributed by atoms with Crippen molar-refractivity contribution in [2.75, 3.05) is 0 Å². The summed E-state index contributed by atoms with van der Waals surface area (Å²) in [5, 5.41) is 1.40. The zero-order valence-electron chi connectivity index (χ0n) is 8.32. The van der Waals surface area contributed by atoms with Gasteiger partial charge in [-0.3, -0.25) is 4.79 Å². The minimum atomic E-state index is -0.0613. The number of pyridine rings is 1. The maximum absolute atomic E-state index is 12.0. The van der Waals surface area contributed by atoms with Gasteiger partial charge in [-0.1, -0.05) is 23.2 Å². The molecule has 0 spiro atoms. The highest BCUT2D eigenvalue weighted by Crippen LogP contribution is 2.26. The minimum absolute atomic E-state index is 0.0613. The van der Waals surface area contributed by atoms with Crippen molar-refractivity contribution < 1.29 is 0 Å². The van der Waals surface area contributed by atoms with Crippen LogP contribution in [0, 0.1) is 13.8 Å². The van der Waals surface area contributed by atoms with Crippen molar-refractivity contribution in [2.45, 2.75) is 13.8 Å². The average molecular weight is 242 g/mol. The Labute approximate surface area is 96.8 Å². The Hall–Kier alpha value is -0.990. The molecule has 0 aliphatic carbocycles.